The number of nitrogens with one attached hydrogen (secondary N) is 1. The van der Waals surface area contributed by atoms with Crippen molar-refractivity contribution in [1.29, 1.82) is 0 Å². The summed E-state index contributed by atoms with van der Waals surface area (Å²) in [5, 5.41) is 2.43. The van der Waals surface area contributed by atoms with Crippen molar-refractivity contribution in [3.8, 4) is 0 Å². The maximum atomic E-state index is 10.4. The van der Waals surface area contributed by atoms with Crippen LogP contribution in [0.25, 0.3) is 0 Å². The number of allylic oxidation sites excluding steroid dienone is 2. The molecule has 1 N–H and O–H groups in total. The Morgan fingerprint density at radius 1 is 1.44 bits per heavy atom. The molecule has 0 saturated carbocycles. The van der Waals surface area contributed by atoms with Crippen molar-refractivity contribution in [3.05, 3.63) is 23.9 Å². The van der Waals surface area contributed by atoms with Crippen LogP contribution >= 0.6 is 0 Å². The van der Waals surface area contributed by atoms with Crippen LogP contribution < -0.4 is 5.32 Å². The van der Waals surface area contributed by atoms with Gasteiger partial charge in [-0.15, -0.1) is 0 Å². The molecule has 1 heterocycles. The minimum atomic E-state index is -0.178. The molecule has 0 unspecified atom stereocenters. The second-order valence-corrected chi connectivity index (χ2v) is 1.58. The number of carbonyl (C=O) groups excluding carboxylic acids is 2. The van der Waals surface area contributed by atoms with Crippen molar-refractivity contribution >= 4 is 12.2 Å². The Morgan fingerprint density at radius 3 is 2.67 bits per heavy atom. The molecule has 0 saturated heterocycles. The molecule has 0 bridgehead atoms. The molecule has 46 valence electrons. The van der Waals surface area contributed by atoms with Crippen LogP contribution in [0.4, 0.5) is 0 Å². The highest BCUT2D eigenvalue weighted by atomic mass is 16.1. The van der Waals surface area contributed by atoms with E-state index in [1.165, 1.54) is 12.2 Å². The first-order valence-corrected chi connectivity index (χ1v) is 2.47. The Hall–Kier alpha value is -1.38. The highest BCUT2D eigenvalue weighted by molar-refractivity contribution is 5.93. The predicted octanol–water partition coefficient (Wildman–Crippen LogP) is -0.245. The molecule has 0 atom stereocenters. The number of aldehydes is 1. The smallest absolute Gasteiger partial charge is 0.248 e. The van der Waals surface area contributed by atoms with E-state index >= 15 is 0 Å². The highest BCUT2D eigenvalue weighted by Gasteiger charge is 2.03. The average Bonchev–Trinajstić information content (AvgIpc) is 2.17. The Bertz CT molecular complexity index is 203. The predicted molar refractivity (Wildman–Crippen MR) is 31.4 cm³/mol. The van der Waals surface area contributed by atoms with Gasteiger partial charge >= 0.3 is 0 Å². The third-order valence-electron chi connectivity index (χ3n) is 0.929. The second-order valence-electron chi connectivity index (χ2n) is 1.58. The normalized spacial score (nSPS) is 20.4. The minimum Gasteiger partial charge on any atom is -0.322 e. The van der Waals surface area contributed by atoms with E-state index in [2.05, 4.69) is 5.32 Å². The zero-order chi connectivity index (χ0) is 6.69. The van der Waals surface area contributed by atoms with Gasteiger partial charge in [-0.3, -0.25) is 9.59 Å². The number of carbonyl (C=O) groups is 2. The standard InChI is InChI=1S/C6H5NO2/c8-4-3-5-1-2-6(9)7-5/h1-4H,(H,7,9)/b5-3+. The summed E-state index contributed by atoms with van der Waals surface area (Å²) in [7, 11) is 0. The fourth-order valence-corrected chi connectivity index (χ4v) is 0.562. The summed E-state index contributed by atoms with van der Waals surface area (Å²) in [4.78, 5) is 20.2. The molecule has 0 aromatic heterocycles. The van der Waals surface area contributed by atoms with Gasteiger partial charge in [0, 0.05) is 17.8 Å². The number of hydrogen-bond donors (Lipinski definition) is 1. The van der Waals surface area contributed by atoms with Crippen molar-refractivity contribution in [2.24, 2.45) is 0 Å². The quantitative estimate of drug-likeness (QED) is 0.386. The van der Waals surface area contributed by atoms with Gasteiger partial charge in [0.05, 0.1) is 0 Å². The molecule has 1 amide bonds. The summed E-state index contributed by atoms with van der Waals surface area (Å²) >= 11 is 0. The van der Waals surface area contributed by atoms with Crippen molar-refractivity contribution in [2.45, 2.75) is 0 Å². The van der Waals surface area contributed by atoms with Gasteiger partial charge in [0.25, 0.3) is 0 Å². The van der Waals surface area contributed by atoms with Crippen molar-refractivity contribution in [3.63, 3.8) is 0 Å². The average molecular weight is 123 g/mol. The summed E-state index contributed by atoms with van der Waals surface area (Å²) in [6.07, 6.45) is 4.85. The van der Waals surface area contributed by atoms with Crippen molar-refractivity contribution < 1.29 is 9.59 Å². The zero-order valence-electron chi connectivity index (χ0n) is 4.63. The number of hydrogen-bond acceptors (Lipinski definition) is 2. The van der Waals surface area contributed by atoms with Crippen LogP contribution in [-0.4, -0.2) is 12.2 Å². The lowest BCUT2D eigenvalue weighted by molar-refractivity contribution is -0.115. The summed E-state index contributed by atoms with van der Waals surface area (Å²) in [6, 6.07) is 0. The molecule has 9 heavy (non-hydrogen) atoms. The third kappa shape index (κ3) is 1.25. The maximum Gasteiger partial charge on any atom is 0.248 e. The summed E-state index contributed by atoms with van der Waals surface area (Å²) in [6.45, 7) is 0. The SMILES string of the molecule is O=C/C=C1\C=CC(=O)N1. The largest absolute Gasteiger partial charge is 0.322 e. The topological polar surface area (TPSA) is 46.2 Å². The summed E-state index contributed by atoms with van der Waals surface area (Å²) in [5.41, 5.74) is 0.551. The number of rotatable bonds is 1. The fourth-order valence-electron chi connectivity index (χ4n) is 0.562. The van der Waals surface area contributed by atoms with Gasteiger partial charge in [-0.25, -0.2) is 0 Å². The van der Waals surface area contributed by atoms with Gasteiger partial charge in [0.15, 0.2) is 0 Å². The molecule has 0 aromatic rings. The van der Waals surface area contributed by atoms with Crippen molar-refractivity contribution in [2.75, 3.05) is 0 Å². The van der Waals surface area contributed by atoms with Crippen LogP contribution in [0.2, 0.25) is 0 Å². The molecule has 0 fully saturated rings. The Morgan fingerprint density at radius 2 is 2.22 bits per heavy atom. The molecule has 1 aliphatic heterocycles. The van der Waals surface area contributed by atoms with E-state index in [1.807, 2.05) is 0 Å². The number of amides is 1. The highest BCUT2D eigenvalue weighted by Crippen LogP contribution is 1.97. The summed E-state index contributed by atoms with van der Waals surface area (Å²) in [5.74, 6) is -0.178. The van der Waals surface area contributed by atoms with Crippen LogP contribution in [-0.2, 0) is 9.59 Å². The maximum absolute atomic E-state index is 10.4. The zero-order valence-corrected chi connectivity index (χ0v) is 4.63. The van der Waals surface area contributed by atoms with E-state index in [0.29, 0.717) is 12.0 Å². The van der Waals surface area contributed by atoms with Gasteiger partial charge in [-0.2, -0.15) is 0 Å². The van der Waals surface area contributed by atoms with Crippen LogP contribution in [0.3, 0.4) is 0 Å². The molecule has 3 heteroatoms. The molecular weight excluding hydrogens is 118 g/mol. The van der Waals surface area contributed by atoms with Crippen LogP contribution in [0.15, 0.2) is 23.9 Å². The van der Waals surface area contributed by atoms with Crippen LogP contribution in [0.1, 0.15) is 0 Å². The van der Waals surface area contributed by atoms with E-state index in [4.69, 9.17) is 0 Å². The molecule has 3 nitrogen and oxygen atoms in total. The molecule has 0 aromatic carbocycles. The van der Waals surface area contributed by atoms with Gasteiger partial charge in [0.1, 0.15) is 6.29 Å². The van der Waals surface area contributed by atoms with E-state index in [1.54, 1.807) is 6.08 Å². The van der Waals surface area contributed by atoms with Gasteiger partial charge < -0.3 is 5.32 Å². The molecule has 1 aliphatic rings. The first kappa shape index (κ1) is 5.75. The lowest BCUT2D eigenvalue weighted by Crippen LogP contribution is -2.12. The molecule has 1 rings (SSSR count). The lowest BCUT2D eigenvalue weighted by Gasteiger charge is -1.89. The third-order valence-corrected chi connectivity index (χ3v) is 0.929. The van der Waals surface area contributed by atoms with Crippen LogP contribution in [0.5, 0.6) is 0 Å². The van der Waals surface area contributed by atoms with Gasteiger partial charge in [-0.05, 0) is 6.08 Å². The minimum absolute atomic E-state index is 0.178. The first-order valence-electron chi connectivity index (χ1n) is 2.47. The first-order chi connectivity index (χ1) is 4.33. The Labute approximate surface area is 52.1 Å². The summed E-state index contributed by atoms with van der Waals surface area (Å²) < 4.78 is 0. The Balaban J connectivity index is 2.70. The van der Waals surface area contributed by atoms with Crippen molar-refractivity contribution in [1.82, 2.24) is 5.32 Å². The van der Waals surface area contributed by atoms with E-state index in [9.17, 15) is 9.59 Å². The lowest BCUT2D eigenvalue weighted by atomic mass is 10.4. The van der Waals surface area contributed by atoms with Gasteiger partial charge in [-0.1, -0.05) is 0 Å². The van der Waals surface area contributed by atoms with E-state index in [-0.39, 0.29) is 5.91 Å². The fraction of sp³-hybridized carbons (Fsp3) is 0. The van der Waals surface area contributed by atoms with Gasteiger partial charge in [0.2, 0.25) is 5.91 Å². The van der Waals surface area contributed by atoms with E-state index in [0.717, 1.165) is 0 Å². The molecule has 0 radical (unpaired) electrons. The second kappa shape index (κ2) is 2.26. The Kier molecular flexibility index (Phi) is 1.44. The van der Waals surface area contributed by atoms with Crippen LogP contribution in [0, 0.1) is 0 Å². The molecule has 0 aliphatic carbocycles. The molecule has 0 spiro atoms. The monoisotopic (exact) mass is 123 g/mol. The molecular formula is C6H5NO2. The van der Waals surface area contributed by atoms with E-state index < -0.39 is 0 Å².